The minimum atomic E-state index is 0.577. The molecule has 2 rings (SSSR count). The normalized spacial score (nSPS) is 20.5. The third-order valence-electron chi connectivity index (χ3n) is 2.53. The van der Waals surface area contributed by atoms with E-state index in [-0.39, 0.29) is 0 Å². The summed E-state index contributed by atoms with van der Waals surface area (Å²) >= 11 is 11.8. The third-order valence-corrected chi connectivity index (χ3v) is 3.06. The molecule has 4 heteroatoms. The van der Waals surface area contributed by atoms with Gasteiger partial charge in [0.1, 0.15) is 5.75 Å². The fraction of sp³-hybridized carbons (Fsp3) is 0.455. The first-order valence-electron chi connectivity index (χ1n) is 5.04. The van der Waals surface area contributed by atoms with E-state index >= 15 is 0 Å². The number of ether oxygens (including phenoxy) is 1. The van der Waals surface area contributed by atoms with E-state index in [2.05, 4.69) is 5.32 Å². The van der Waals surface area contributed by atoms with Crippen LogP contribution < -0.4 is 10.1 Å². The molecular weight excluding hydrogens is 233 g/mol. The van der Waals surface area contributed by atoms with Gasteiger partial charge >= 0.3 is 0 Å². The maximum atomic E-state index is 5.99. The summed E-state index contributed by atoms with van der Waals surface area (Å²) in [6.45, 7) is 2.84. The van der Waals surface area contributed by atoms with Gasteiger partial charge in [-0.15, -0.1) is 0 Å². The van der Waals surface area contributed by atoms with Crippen LogP contribution in [-0.2, 0) is 0 Å². The molecule has 1 heterocycles. The number of rotatable bonds is 3. The van der Waals surface area contributed by atoms with E-state index in [1.807, 2.05) is 6.07 Å². The Balaban J connectivity index is 1.92. The maximum Gasteiger partial charge on any atom is 0.137 e. The summed E-state index contributed by atoms with van der Waals surface area (Å²) in [7, 11) is 0. The Kier molecular flexibility index (Phi) is 3.73. The highest BCUT2D eigenvalue weighted by Gasteiger charge is 2.15. The molecule has 1 aliphatic rings. The molecule has 1 aromatic carbocycles. The lowest BCUT2D eigenvalue weighted by Gasteiger charge is -2.11. The Labute approximate surface area is 99.5 Å². The van der Waals surface area contributed by atoms with Gasteiger partial charge in [0, 0.05) is 17.5 Å². The summed E-state index contributed by atoms with van der Waals surface area (Å²) in [5.41, 5.74) is 0. The molecule has 1 aliphatic heterocycles. The minimum absolute atomic E-state index is 0.577. The van der Waals surface area contributed by atoms with Crippen molar-refractivity contribution < 1.29 is 4.74 Å². The predicted octanol–water partition coefficient (Wildman–Crippen LogP) is 2.98. The molecule has 15 heavy (non-hydrogen) atoms. The van der Waals surface area contributed by atoms with Gasteiger partial charge in [-0.25, -0.2) is 0 Å². The van der Waals surface area contributed by atoms with Gasteiger partial charge in [-0.05, 0) is 31.2 Å². The quantitative estimate of drug-likeness (QED) is 0.885. The topological polar surface area (TPSA) is 21.3 Å². The van der Waals surface area contributed by atoms with E-state index < -0.39 is 0 Å². The van der Waals surface area contributed by atoms with Crippen LogP contribution in [0.2, 0.25) is 10.0 Å². The van der Waals surface area contributed by atoms with Gasteiger partial charge in [-0.2, -0.15) is 0 Å². The van der Waals surface area contributed by atoms with Gasteiger partial charge in [-0.3, -0.25) is 0 Å². The van der Waals surface area contributed by atoms with Crippen LogP contribution in [-0.4, -0.2) is 19.7 Å². The van der Waals surface area contributed by atoms with Gasteiger partial charge in [0.25, 0.3) is 0 Å². The first-order chi connectivity index (χ1) is 7.25. The van der Waals surface area contributed by atoms with Crippen molar-refractivity contribution in [3.63, 3.8) is 0 Å². The zero-order chi connectivity index (χ0) is 10.7. The van der Waals surface area contributed by atoms with Crippen molar-refractivity contribution >= 4 is 23.2 Å². The maximum absolute atomic E-state index is 5.99. The molecule has 1 N–H and O–H groups in total. The van der Waals surface area contributed by atoms with Gasteiger partial charge in [-0.1, -0.05) is 23.2 Å². The van der Waals surface area contributed by atoms with Crippen LogP contribution in [0.5, 0.6) is 5.75 Å². The fourth-order valence-corrected chi connectivity index (χ4v) is 2.12. The van der Waals surface area contributed by atoms with Crippen LogP contribution >= 0.6 is 23.2 Å². The lowest BCUT2D eigenvalue weighted by Crippen LogP contribution is -2.15. The van der Waals surface area contributed by atoms with Crippen LogP contribution in [0.25, 0.3) is 0 Å². The van der Waals surface area contributed by atoms with Crippen LogP contribution in [0.15, 0.2) is 18.2 Å². The van der Waals surface area contributed by atoms with E-state index in [4.69, 9.17) is 27.9 Å². The number of benzene rings is 1. The largest absolute Gasteiger partial charge is 0.492 e. The van der Waals surface area contributed by atoms with Gasteiger partial charge in [0.15, 0.2) is 0 Å². The highest BCUT2D eigenvalue weighted by atomic mass is 35.5. The lowest BCUT2D eigenvalue weighted by molar-refractivity contribution is 0.260. The van der Waals surface area contributed by atoms with E-state index in [0.29, 0.717) is 28.3 Å². The summed E-state index contributed by atoms with van der Waals surface area (Å²) < 4.78 is 5.65. The van der Waals surface area contributed by atoms with Gasteiger partial charge < -0.3 is 10.1 Å². The summed E-state index contributed by atoms with van der Waals surface area (Å²) in [5, 5.41) is 4.51. The molecule has 0 radical (unpaired) electrons. The highest BCUT2D eigenvalue weighted by Crippen LogP contribution is 2.28. The highest BCUT2D eigenvalue weighted by molar-refractivity contribution is 6.35. The number of halogens is 2. The number of hydrogen-bond donors (Lipinski definition) is 1. The first kappa shape index (κ1) is 11.1. The minimum Gasteiger partial charge on any atom is -0.492 e. The molecule has 1 aromatic rings. The number of hydrogen-bond acceptors (Lipinski definition) is 2. The SMILES string of the molecule is Clc1ccc(OCC2CCNC2)c(Cl)c1. The molecule has 0 aliphatic carbocycles. The average Bonchev–Trinajstić information content (AvgIpc) is 2.69. The van der Waals surface area contributed by atoms with Gasteiger partial charge in [0.05, 0.1) is 11.6 Å². The van der Waals surface area contributed by atoms with Crippen molar-refractivity contribution in [1.82, 2.24) is 5.32 Å². The van der Waals surface area contributed by atoms with Crippen molar-refractivity contribution in [1.29, 1.82) is 0 Å². The molecule has 0 amide bonds. The van der Waals surface area contributed by atoms with E-state index in [9.17, 15) is 0 Å². The van der Waals surface area contributed by atoms with Crippen LogP contribution in [0.4, 0.5) is 0 Å². The molecule has 0 bridgehead atoms. The average molecular weight is 246 g/mol. The molecule has 0 saturated carbocycles. The Morgan fingerprint density at radius 2 is 2.27 bits per heavy atom. The summed E-state index contributed by atoms with van der Waals surface area (Å²) in [5.74, 6) is 1.31. The Hall–Kier alpha value is -0.440. The fourth-order valence-electron chi connectivity index (χ4n) is 1.66. The monoisotopic (exact) mass is 245 g/mol. The van der Waals surface area contributed by atoms with Crippen molar-refractivity contribution in [2.75, 3.05) is 19.7 Å². The van der Waals surface area contributed by atoms with E-state index in [1.54, 1.807) is 12.1 Å². The van der Waals surface area contributed by atoms with Crippen molar-refractivity contribution in [3.8, 4) is 5.75 Å². The Morgan fingerprint density at radius 1 is 1.40 bits per heavy atom. The second-order valence-corrected chi connectivity index (χ2v) is 4.59. The Bertz CT molecular complexity index is 337. The second-order valence-electron chi connectivity index (χ2n) is 3.74. The first-order valence-corrected chi connectivity index (χ1v) is 5.80. The molecule has 0 aromatic heterocycles. The van der Waals surface area contributed by atoms with Gasteiger partial charge in [0.2, 0.25) is 0 Å². The zero-order valence-electron chi connectivity index (χ0n) is 8.30. The van der Waals surface area contributed by atoms with Crippen LogP contribution in [0, 0.1) is 5.92 Å². The standard InChI is InChI=1S/C11H13Cl2NO/c12-9-1-2-11(10(13)5-9)15-7-8-3-4-14-6-8/h1-2,5,8,14H,3-4,6-7H2. The molecule has 2 nitrogen and oxygen atoms in total. The molecule has 1 unspecified atom stereocenters. The van der Waals surface area contributed by atoms with Crippen LogP contribution in [0.3, 0.4) is 0 Å². The van der Waals surface area contributed by atoms with Crippen molar-refractivity contribution in [2.45, 2.75) is 6.42 Å². The summed E-state index contributed by atoms with van der Waals surface area (Å²) in [6, 6.07) is 5.30. The Morgan fingerprint density at radius 3 is 2.93 bits per heavy atom. The molecule has 0 spiro atoms. The van der Waals surface area contributed by atoms with E-state index in [0.717, 1.165) is 13.1 Å². The lowest BCUT2D eigenvalue weighted by atomic mass is 10.1. The van der Waals surface area contributed by atoms with E-state index in [1.165, 1.54) is 6.42 Å². The molecule has 1 fully saturated rings. The molecule has 1 atom stereocenters. The smallest absolute Gasteiger partial charge is 0.137 e. The summed E-state index contributed by atoms with van der Waals surface area (Å²) in [4.78, 5) is 0. The van der Waals surface area contributed by atoms with Crippen molar-refractivity contribution in [3.05, 3.63) is 28.2 Å². The summed E-state index contributed by atoms with van der Waals surface area (Å²) in [6.07, 6.45) is 1.17. The molecular formula is C11H13Cl2NO. The molecule has 1 saturated heterocycles. The number of nitrogens with one attached hydrogen (secondary N) is 1. The third kappa shape index (κ3) is 3.00. The molecule has 82 valence electrons. The second kappa shape index (κ2) is 5.06. The van der Waals surface area contributed by atoms with Crippen LogP contribution in [0.1, 0.15) is 6.42 Å². The zero-order valence-corrected chi connectivity index (χ0v) is 9.81. The van der Waals surface area contributed by atoms with Crippen molar-refractivity contribution in [2.24, 2.45) is 5.92 Å². The predicted molar refractivity (Wildman–Crippen MR) is 62.9 cm³/mol.